The quantitative estimate of drug-likeness (QED) is 0.833. The lowest BCUT2D eigenvalue weighted by atomic mass is 10.1. The highest BCUT2D eigenvalue weighted by molar-refractivity contribution is 6.19. The van der Waals surface area contributed by atoms with Crippen molar-refractivity contribution >= 4 is 23.2 Å². The van der Waals surface area contributed by atoms with Crippen LogP contribution < -0.4 is 5.32 Å². The topological polar surface area (TPSA) is 29.1 Å². The number of alkyl halides is 1. The van der Waals surface area contributed by atoms with Gasteiger partial charge in [-0.3, -0.25) is 4.79 Å². The zero-order valence-corrected chi connectivity index (χ0v) is 11.5. The third-order valence-corrected chi connectivity index (χ3v) is 3.40. The smallest absolute Gasteiger partial charge is 0.228 e. The van der Waals surface area contributed by atoms with Crippen LogP contribution in [-0.2, 0) is 4.79 Å². The van der Waals surface area contributed by atoms with E-state index in [1.165, 1.54) is 0 Å². The standard InChI is InChI=1S/C16H16ClNO/c1-12(11-17)16(19)18-15-9-7-14(8-10-15)13-5-3-2-4-6-13/h2-10,12H,11H2,1H3,(H,18,19). The second kappa shape index (κ2) is 6.39. The molecule has 0 aliphatic heterocycles. The van der Waals surface area contributed by atoms with Crippen LogP contribution in [0.15, 0.2) is 54.6 Å². The lowest BCUT2D eigenvalue weighted by Gasteiger charge is -2.10. The van der Waals surface area contributed by atoms with Crippen molar-refractivity contribution < 1.29 is 4.79 Å². The van der Waals surface area contributed by atoms with E-state index in [2.05, 4.69) is 17.4 Å². The number of carbonyl (C=O) groups excluding carboxylic acids is 1. The first kappa shape index (κ1) is 13.6. The van der Waals surface area contributed by atoms with Crippen molar-refractivity contribution in [1.29, 1.82) is 0 Å². The minimum atomic E-state index is -0.185. The van der Waals surface area contributed by atoms with Gasteiger partial charge in [-0.2, -0.15) is 0 Å². The van der Waals surface area contributed by atoms with Crippen LogP contribution >= 0.6 is 11.6 Å². The maximum Gasteiger partial charge on any atom is 0.228 e. The predicted molar refractivity (Wildman–Crippen MR) is 80.4 cm³/mol. The normalized spacial score (nSPS) is 11.9. The highest BCUT2D eigenvalue weighted by atomic mass is 35.5. The maximum absolute atomic E-state index is 11.7. The monoisotopic (exact) mass is 273 g/mol. The Morgan fingerprint density at radius 1 is 1.05 bits per heavy atom. The van der Waals surface area contributed by atoms with Crippen LogP contribution in [0.4, 0.5) is 5.69 Å². The van der Waals surface area contributed by atoms with Gasteiger partial charge < -0.3 is 5.32 Å². The average molecular weight is 274 g/mol. The summed E-state index contributed by atoms with van der Waals surface area (Å²) in [7, 11) is 0. The number of hydrogen-bond acceptors (Lipinski definition) is 1. The molecule has 0 saturated carbocycles. The fourth-order valence-electron chi connectivity index (χ4n) is 1.71. The summed E-state index contributed by atoms with van der Waals surface area (Å²) in [5.41, 5.74) is 3.08. The van der Waals surface area contributed by atoms with Gasteiger partial charge in [-0.25, -0.2) is 0 Å². The van der Waals surface area contributed by atoms with Crippen LogP contribution in [0.1, 0.15) is 6.92 Å². The summed E-state index contributed by atoms with van der Waals surface area (Å²) in [6.45, 7) is 1.81. The largest absolute Gasteiger partial charge is 0.326 e. The molecule has 2 aromatic rings. The molecular formula is C16H16ClNO. The Hall–Kier alpha value is -1.80. The summed E-state index contributed by atoms with van der Waals surface area (Å²) in [6, 6.07) is 17.9. The van der Waals surface area contributed by atoms with Gasteiger partial charge >= 0.3 is 0 Å². The molecule has 0 radical (unpaired) electrons. The molecule has 2 nitrogen and oxygen atoms in total. The minimum Gasteiger partial charge on any atom is -0.326 e. The molecular weight excluding hydrogens is 258 g/mol. The third-order valence-electron chi connectivity index (χ3n) is 2.94. The van der Waals surface area contributed by atoms with Crippen LogP contribution in [-0.4, -0.2) is 11.8 Å². The molecule has 0 aliphatic rings. The van der Waals surface area contributed by atoms with E-state index >= 15 is 0 Å². The first-order valence-electron chi connectivity index (χ1n) is 6.23. The van der Waals surface area contributed by atoms with Gasteiger partial charge in [0.15, 0.2) is 0 Å². The molecule has 0 saturated heterocycles. The molecule has 0 aromatic heterocycles. The van der Waals surface area contributed by atoms with E-state index in [1.807, 2.05) is 42.5 Å². The van der Waals surface area contributed by atoms with E-state index in [-0.39, 0.29) is 11.8 Å². The molecule has 0 heterocycles. The SMILES string of the molecule is CC(CCl)C(=O)Nc1ccc(-c2ccccc2)cc1. The number of benzene rings is 2. The van der Waals surface area contributed by atoms with Crippen LogP contribution in [0.5, 0.6) is 0 Å². The zero-order valence-electron chi connectivity index (χ0n) is 10.8. The highest BCUT2D eigenvalue weighted by Gasteiger charge is 2.11. The molecule has 0 spiro atoms. The van der Waals surface area contributed by atoms with Crippen molar-refractivity contribution in [2.75, 3.05) is 11.2 Å². The van der Waals surface area contributed by atoms with Crippen molar-refractivity contribution in [3.8, 4) is 11.1 Å². The Morgan fingerprint density at radius 2 is 1.63 bits per heavy atom. The minimum absolute atomic E-state index is 0.0533. The molecule has 98 valence electrons. The van der Waals surface area contributed by atoms with E-state index in [0.717, 1.165) is 16.8 Å². The van der Waals surface area contributed by atoms with Crippen molar-refractivity contribution in [2.45, 2.75) is 6.92 Å². The maximum atomic E-state index is 11.7. The van der Waals surface area contributed by atoms with Gasteiger partial charge in [0, 0.05) is 17.5 Å². The van der Waals surface area contributed by atoms with Gasteiger partial charge in [-0.15, -0.1) is 11.6 Å². The van der Waals surface area contributed by atoms with Crippen molar-refractivity contribution in [3.63, 3.8) is 0 Å². The van der Waals surface area contributed by atoms with Gasteiger partial charge in [0.1, 0.15) is 0 Å². The Balaban J connectivity index is 2.09. The fourth-order valence-corrected chi connectivity index (χ4v) is 1.85. The van der Waals surface area contributed by atoms with Crippen LogP contribution in [0.25, 0.3) is 11.1 Å². The Morgan fingerprint density at radius 3 is 2.21 bits per heavy atom. The number of carbonyl (C=O) groups is 1. The molecule has 1 unspecified atom stereocenters. The first-order valence-corrected chi connectivity index (χ1v) is 6.76. The number of halogens is 1. The van der Waals surface area contributed by atoms with Gasteiger partial charge in [0.2, 0.25) is 5.91 Å². The van der Waals surface area contributed by atoms with Crippen LogP contribution in [0.2, 0.25) is 0 Å². The fraction of sp³-hybridized carbons (Fsp3) is 0.188. The number of nitrogens with one attached hydrogen (secondary N) is 1. The van der Waals surface area contributed by atoms with E-state index in [4.69, 9.17) is 11.6 Å². The molecule has 1 atom stereocenters. The molecule has 0 fully saturated rings. The van der Waals surface area contributed by atoms with Crippen LogP contribution in [0.3, 0.4) is 0 Å². The number of amides is 1. The molecule has 3 heteroatoms. The first-order chi connectivity index (χ1) is 9.20. The molecule has 2 rings (SSSR count). The molecule has 0 bridgehead atoms. The molecule has 1 amide bonds. The number of hydrogen-bond donors (Lipinski definition) is 1. The summed E-state index contributed by atoms with van der Waals surface area (Å²) >= 11 is 5.66. The van der Waals surface area contributed by atoms with Crippen LogP contribution in [0, 0.1) is 5.92 Å². The molecule has 2 aromatic carbocycles. The van der Waals surface area contributed by atoms with E-state index in [1.54, 1.807) is 6.92 Å². The summed E-state index contributed by atoms with van der Waals surface area (Å²) in [5.74, 6) is 0.0893. The van der Waals surface area contributed by atoms with E-state index < -0.39 is 0 Å². The Bertz CT molecular complexity index is 536. The summed E-state index contributed by atoms with van der Waals surface area (Å²) in [5, 5.41) is 2.85. The Labute approximate surface area is 118 Å². The average Bonchev–Trinajstić information content (AvgIpc) is 2.48. The summed E-state index contributed by atoms with van der Waals surface area (Å²) in [4.78, 5) is 11.7. The van der Waals surface area contributed by atoms with Gasteiger partial charge in [0.05, 0.1) is 0 Å². The van der Waals surface area contributed by atoms with Gasteiger partial charge in [-0.05, 0) is 23.3 Å². The number of anilines is 1. The van der Waals surface area contributed by atoms with Gasteiger partial charge in [-0.1, -0.05) is 49.4 Å². The van der Waals surface area contributed by atoms with Crippen molar-refractivity contribution in [3.05, 3.63) is 54.6 Å². The molecule has 19 heavy (non-hydrogen) atoms. The van der Waals surface area contributed by atoms with E-state index in [0.29, 0.717) is 5.88 Å². The lowest BCUT2D eigenvalue weighted by molar-refractivity contribution is -0.118. The second-order valence-electron chi connectivity index (χ2n) is 4.49. The number of rotatable bonds is 4. The lowest BCUT2D eigenvalue weighted by Crippen LogP contribution is -2.21. The van der Waals surface area contributed by atoms with Crippen molar-refractivity contribution in [2.24, 2.45) is 5.92 Å². The Kier molecular flexibility index (Phi) is 4.58. The second-order valence-corrected chi connectivity index (χ2v) is 4.80. The molecule has 1 N–H and O–H groups in total. The third kappa shape index (κ3) is 3.58. The van der Waals surface area contributed by atoms with Gasteiger partial charge in [0.25, 0.3) is 0 Å². The summed E-state index contributed by atoms with van der Waals surface area (Å²) < 4.78 is 0. The molecule has 0 aliphatic carbocycles. The predicted octanol–water partition coefficient (Wildman–Crippen LogP) is 4.17. The highest BCUT2D eigenvalue weighted by Crippen LogP contribution is 2.21. The van der Waals surface area contributed by atoms with Crippen molar-refractivity contribution in [1.82, 2.24) is 0 Å². The zero-order chi connectivity index (χ0) is 13.7. The van der Waals surface area contributed by atoms with E-state index in [9.17, 15) is 4.79 Å². The summed E-state index contributed by atoms with van der Waals surface area (Å²) in [6.07, 6.45) is 0.